The normalized spacial score (nSPS) is 11.4. The van der Waals surface area contributed by atoms with Crippen LogP contribution in [0.4, 0.5) is 11.5 Å². The van der Waals surface area contributed by atoms with E-state index in [1.165, 1.54) is 15.0 Å². The van der Waals surface area contributed by atoms with Crippen molar-refractivity contribution in [2.45, 2.75) is 54.0 Å². The van der Waals surface area contributed by atoms with Crippen molar-refractivity contribution >= 4 is 17.4 Å². The van der Waals surface area contributed by atoms with Crippen LogP contribution in [-0.4, -0.2) is 28.6 Å². The third-order valence-electron chi connectivity index (χ3n) is 4.79. The molecule has 0 radical (unpaired) electrons. The molecule has 1 aromatic heterocycles. The molecule has 0 unspecified atom stereocenters. The lowest BCUT2D eigenvalue weighted by molar-refractivity contribution is -0.120. The monoisotopic (exact) mass is 430 g/mol. The van der Waals surface area contributed by atoms with Gasteiger partial charge in [-0.15, -0.1) is 0 Å². The van der Waals surface area contributed by atoms with Crippen LogP contribution in [0.5, 0.6) is 5.75 Å². The zero-order valence-electron chi connectivity index (χ0n) is 19.3. The number of hydrogen-bond acceptors (Lipinski definition) is 5. The Morgan fingerprint density at radius 1 is 1.06 bits per heavy atom. The summed E-state index contributed by atoms with van der Waals surface area (Å²) < 4.78 is 6.97. The number of benzene rings is 1. The van der Waals surface area contributed by atoms with Gasteiger partial charge in [-0.25, -0.2) is 4.79 Å². The van der Waals surface area contributed by atoms with Crippen LogP contribution in [0, 0.1) is 11.8 Å². The summed E-state index contributed by atoms with van der Waals surface area (Å²) in [5.41, 5.74) is 6.10. The molecule has 1 aromatic carbocycles. The molecule has 2 aromatic rings. The lowest BCUT2D eigenvalue weighted by Crippen LogP contribution is -2.44. The Balaban J connectivity index is 2.33. The topological polar surface area (TPSA) is 110 Å². The van der Waals surface area contributed by atoms with Crippen LogP contribution in [0.3, 0.4) is 0 Å². The van der Waals surface area contributed by atoms with Gasteiger partial charge < -0.3 is 15.4 Å². The van der Waals surface area contributed by atoms with Crippen LogP contribution in [0.15, 0.2) is 33.9 Å². The minimum atomic E-state index is -0.683. The fourth-order valence-electron chi connectivity index (χ4n) is 3.24. The molecule has 8 nitrogen and oxygen atoms in total. The summed E-state index contributed by atoms with van der Waals surface area (Å²) in [5, 5.41) is 0. The molecular weight excluding hydrogens is 396 g/mol. The molecule has 8 heteroatoms. The van der Waals surface area contributed by atoms with E-state index in [1.54, 1.807) is 0 Å². The third kappa shape index (κ3) is 6.23. The highest BCUT2D eigenvalue weighted by Gasteiger charge is 2.25. The van der Waals surface area contributed by atoms with Gasteiger partial charge in [-0.05, 0) is 35.4 Å². The molecule has 0 saturated heterocycles. The van der Waals surface area contributed by atoms with Gasteiger partial charge in [-0.2, -0.15) is 0 Å². The molecule has 0 aliphatic rings. The number of carbonyl (C=O) groups excluding carboxylic acids is 1. The second-order valence-electron chi connectivity index (χ2n) is 8.91. The van der Waals surface area contributed by atoms with Crippen molar-refractivity contribution in [2.75, 3.05) is 23.8 Å². The van der Waals surface area contributed by atoms with Gasteiger partial charge in [0.2, 0.25) is 0 Å². The maximum Gasteiger partial charge on any atom is 0.330 e. The molecule has 0 spiro atoms. The summed E-state index contributed by atoms with van der Waals surface area (Å²) in [6.07, 6.45) is 0. The molecule has 2 rings (SSSR count). The first kappa shape index (κ1) is 24.2. The number of ether oxygens (including phenoxy) is 1. The summed E-state index contributed by atoms with van der Waals surface area (Å²) in [6, 6.07) is 7.56. The molecule has 0 aliphatic carbocycles. The zero-order chi connectivity index (χ0) is 23.3. The van der Waals surface area contributed by atoms with Gasteiger partial charge in [0.15, 0.2) is 12.3 Å². The smallest absolute Gasteiger partial charge is 0.330 e. The van der Waals surface area contributed by atoms with Gasteiger partial charge in [-0.1, -0.05) is 53.7 Å². The Labute approximate surface area is 183 Å². The quantitative estimate of drug-likeness (QED) is 0.635. The number of hydrogen-bond donors (Lipinski definition) is 2. The number of nitrogens with two attached hydrogens (primary N) is 1. The number of carbonyl (C=O) groups is 1. The number of aromatic amines is 1. The SMILES string of the molecule is CC(C)CN(C(=O)COc1ccc(C(C)C)cc1)c1c(N)n(CC(C)C)c(=O)[nH]c1=O. The molecule has 3 N–H and O–H groups in total. The fourth-order valence-corrected chi connectivity index (χ4v) is 3.24. The minimum absolute atomic E-state index is 0.0160. The highest BCUT2D eigenvalue weighted by Crippen LogP contribution is 2.21. The van der Waals surface area contributed by atoms with Gasteiger partial charge in [-0.3, -0.25) is 19.1 Å². The number of nitrogen functional groups attached to an aromatic ring is 1. The number of rotatable bonds is 9. The van der Waals surface area contributed by atoms with E-state index in [1.807, 2.05) is 52.0 Å². The summed E-state index contributed by atoms with van der Waals surface area (Å²) in [6.45, 7) is 12.3. The van der Waals surface area contributed by atoms with E-state index in [0.717, 1.165) is 0 Å². The van der Waals surface area contributed by atoms with Crippen molar-refractivity contribution < 1.29 is 9.53 Å². The van der Waals surface area contributed by atoms with E-state index in [-0.39, 0.29) is 36.5 Å². The van der Waals surface area contributed by atoms with Crippen LogP contribution in [0.25, 0.3) is 0 Å². The van der Waals surface area contributed by atoms with E-state index >= 15 is 0 Å². The van der Waals surface area contributed by atoms with Crippen molar-refractivity contribution in [1.29, 1.82) is 0 Å². The van der Waals surface area contributed by atoms with Crippen LogP contribution >= 0.6 is 0 Å². The van der Waals surface area contributed by atoms with Crippen molar-refractivity contribution in [3.05, 3.63) is 50.7 Å². The van der Waals surface area contributed by atoms with Gasteiger partial charge in [0, 0.05) is 13.1 Å². The van der Waals surface area contributed by atoms with Crippen molar-refractivity contribution in [2.24, 2.45) is 11.8 Å². The summed E-state index contributed by atoms with van der Waals surface area (Å²) in [5.74, 6) is 0.734. The van der Waals surface area contributed by atoms with E-state index in [9.17, 15) is 14.4 Å². The molecule has 0 saturated carbocycles. The summed E-state index contributed by atoms with van der Waals surface area (Å²) >= 11 is 0. The average Bonchev–Trinajstić information content (AvgIpc) is 2.68. The first-order valence-corrected chi connectivity index (χ1v) is 10.7. The van der Waals surface area contributed by atoms with Gasteiger partial charge in [0.1, 0.15) is 11.6 Å². The van der Waals surface area contributed by atoms with Gasteiger partial charge >= 0.3 is 5.69 Å². The highest BCUT2D eigenvalue weighted by molar-refractivity contribution is 5.96. The van der Waals surface area contributed by atoms with Crippen molar-refractivity contribution in [3.8, 4) is 5.75 Å². The van der Waals surface area contributed by atoms with Gasteiger partial charge in [0.25, 0.3) is 11.5 Å². The number of amides is 1. The lowest BCUT2D eigenvalue weighted by Gasteiger charge is -2.26. The van der Waals surface area contributed by atoms with Crippen LogP contribution < -0.4 is 26.6 Å². The Kier molecular flexibility index (Phi) is 8.08. The van der Waals surface area contributed by atoms with Gasteiger partial charge in [0.05, 0.1) is 0 Å². The van der Waals surface area contributed by atoms with Crippen LogP contribution in [0.2, 0.25) is 0 Å². The molecular formula is C23H34N4O4. The lowest BCUT2D eigenvalue weighted by atomic mass is 10.0. The zero-order valence-corrected chi connectivity index (χ0v) is 19.3. The predicted octanol–water partition coefficient (Wildman–Crippen LogP) is 2.97. The van der Waals surface area contributed by atoms with Crippen LogP contribution in [-0.2, 0) is 11.3 Å². The standard InChI is InChI=1S/C23H34N4O4/c1-14(2)11-26(19(28)13-31-18-9-7-17(8-10-18)16(5)6)20-21(24)27(12-15(3)4)23(30)25-22(20)29/h7-10,14-16H,11-13,24H2,1-6H3,(H,25,29,30). The molecule has 1 heterocycles. The summed E-state index contributed by atoms with van der Waals surface area (Å²) in [4.78, 5) is 41.5. The Morgan fingerprint density at radius 3 is 2.19 bits per heavy atom. The van der Waals surface area contributed by atoms with E-state index < -0.39 is 17.2 Å². The Bertz CT molecular complexity index is 1000. The first-order valence-electron chi connectivity index (χ1n) is 10.7. The predicted molar refractivity (Wildman–Crippen MR) is 124 cm³/mol. The summed E-state index contributed by atoms with van der Waals surface area (Å²) in [7, 11) is 0. The van der Waals surface area contributed by atoms with Crippen LogP contribution in [0.1, 0.15) is 53.0 Å². The number of H-pyrrole nitrogens is 1. The Hall–Kier alpha value is -3.03. The molecule has 0 bridgehead atoms. The molecule has 0 aliphatic heterocycles. The molecule has 31 heavy (non-hydrogen) atoms. The van der Waals surface area contributed by atoms with E-state index in [0.29, 0.717) is 18.2 Å². The highest BCUT2D eigenvalue weighted by atomic mass is 16.5. The second-order valence-corrected chi connectivity index (χ2v) is 8.91. The second kappa shape index (κ2) is 10.3. The number of nitrogens with zero attached hydrogens (tertiary/aromatic N) is 2. The molecule has 0 atom stereocenters. The first-order chi connectivity index (χ1) is 14.5. The molecule has 170 valence electrons. The average molecular weight is 431 g/mol. The number of aromatic nitrogens is 2. The van der Waals surface area contributed by atoms with Crippen molar-refractivity contribution in [1.82, 2.24) is 9.55 Å². The Morgan fingerprint density at radius 2 is 1.68 bits per heavy atom. The van der Waals surface area contributed by atoms with E-state index in [2.05, 4.69) is 18.8 Å². The molecule has 1 amide bonds. The fraction of sp³-hybridized carbons (Fsp3) is 0.522. The largest absolute Gasteiger partial charge is 0.484 e. The molecule has 0 fully saturated rings. The van der Waals surface area contributed by atoms with Crippen molar-refractivity contribution in [3.63, 3.8) is 0 Å². The minimum Gasteiger partial charge on any atom is -0.484 e. The maximum absolute atomic E-state index is 13.1. The maximum atomic E-state index is 13.1. The number of anilines is 2. The third-order valence-corrected chi connectivity index (χ3v) is 4.79. The van der Waals surface area contributed by atoms with E-state index in [4.69, 9.17) is 10.5 Å². The number of nitrogens with one attached hydrogen (secondary N) is 1.